The maximum atomic E-state index is 12.6. The first kappa shape index (κ1) is 14.8. The van der Waals surface area contributed by atoms with Gasteiger partial charge >= 0.3 is 5.97 Å². The number of hydrogen-bond acceptors (Lipinski definition) is 4. The van der Waals surface area contributed by atoms with E-state index in [-0.39, 0.29) is 30.1 Å². The Morgan fingerprint density at radius 3 is 2.62 bits per heavy atom. The number of sulfonamides is 1. The van der Waals surface area contributed by atoms with Crippen LogP contribution in [0, 0.1) is 28.1 Å². The van der Waals surface area contributed by atoms with Crippen LogP contribution in [-0.2, 0) is 14.8 Å². The molecule has 0 aromatic carbocycles. The number of carboxylic acids is 1. The number of nitrogens with zero attached hydrogens (tertiary/aromatic N) is 2. The Labute approximate surface area is 124 Å². The summed E-state index contributed by atoms with van der Waals surface area (Å²) in [5.74, 6) is -0.924. The minimum atomic E-state index is -3.47. The number of carboxylic acid groups (broad SMARTS) is 1. The van der Waals surface area contributed by atoms with Gasteiger partial charge in [0.05, 0.1) is 17.2 Å². The molecule has 0 unspecified atom stereocenters. The van der Waals surface area contributed by atoms with Crippen LogP contribution in [0.5, 0.6) is 0 Å². The summed E-state index contributed by atoms with van der Waals surface area (Å²) in [6.07, 6.45) is 4.06. The predicted octanol–water partition coefficient (Wildman–Crippen LogP) is 1.20. The van der Waals surface area contributed by atoms with E-state index in [1.165, 1.54) is 4.31 Å². The first-order valence-corrected chi connectivity index (χ1v) is 9.03. The van der Waals surface area contributed by atoms with Gasteiger partial charge < -0.3 is 5.11 Å². The molecular weight excluding hydrogens is 292 g/mol. The van der Waals surface area contributed by atoms with Crippen molar-refractivity contribution in [2.45, 2.75) is 38.5 Å². The first-order chi connectivity index (χ1) is 9.84. The van der Waals surface area contributed by atoms with Crippen LogP contribution in [0.3, 0.4) is 0 Å². The third-order valence-corrected chi connectivity index (χ3v) is 7.60. The molecule has 21 heavy (non-hydrogen) atoms. The number of nitriles is 1. The Kier molecular flexibility index (Phi) is 3.30. The van der Waals surface area contributed by atoms with Crippen molar-refractivity contribution < 1.29 is 18.3 Å². The smallest absolute Gasteiger partial charge is 0.311 e. The lowest BCUT2D eigenvalue weighted by Gasteiger charge is -2.24. The molecule has 7 heteroatoms. The van der Waals surface area contributed by atoms with Crippen molar-refractivity contribution >= 4 is 16.0 Å². The summed E-state index contributed by atoms with van der Waals surface area (Å²) in [6.45, 7) is 0.440. The zero-order valence-corrected chi connectivity index (χ0v) is 12.7. The third-order valence-electron chi connectivity index (χ3n) is 5.56. The lowest BCUT2D eigenvalue weighted by Crippen LogP contribution is -2.39. The number of aliphatic carboxylic acids is 1. The quantitative estimate of drug-likeness (QED) is 0.822. The Morgan fingerprint density at radius 1 is 1.38 bits per heavy atom. The standard InChI is InChI=1S/C14H20N2O4S/c15-7-6-13(4-5-13)10-21(19,20)16-8-11-2-1-3-14(11,9-16)12(17)18/h11H,1-6,8-10H2,(H,17,18)/t11-,14+/m0/s1. The summed E-state index contributed by atoms with van der Waals surface area (Å²) in [6, 6.07) is 2.07. The number of hydrogen-bond donors (Lipinski definition) is 1. The van der Waals surface area contributed by atoms with Gasteiger partial charge in [0.25, 0.3) is 0 Å². The summed E-state index contributed by atoms with van der Waals surface area (Å²) in [4.78, 5) is 11.6. The van der Waals surface area contributed by atoms with Gasteiger partial charge in [0.15, 0.2) is 0 Å². The number of carbonyl (C=O) groups is 1. The fraction of sp³-hybridized carbons (Fsp3) is 0.857. The average molecular weight is 312 g/mol. The maximum absolute atomic E-state index is 12.6. The summed E-state index contributed by atoms with van der Waals surface area (Å²) in [5, 5.41) is 18.3. The predicted molar refractivity (Wildman–Crippen MR) is 74.7 cm³/mol. The maximum Gasteiger partial charge on any atom is 0.311 e. The molecule has 2 aliphatic carbocycles. The highest BCUT2D eigenvalue weighted by Gasteiger charge is 2.58. The molecule has 1 N–H and O–H groups in total. The van der Waals surface area contributed by atoms with E-state index >= 15 is 0 Å². The zero-order chi connectivity index (χ0) is 15.3. The highest BCUT2D eigenvalue weighted by molar-refractivity contribution is 7.89. The molecule has 0 spiro atoms. The van der Waals surface area contributed by atoms with E-state index in [0.717, 1.165) is 25.7 Å². The molecule has 2 saturated carbocycles. The molecule has 3 aliphatic rings. The van der Waals surface area contributed by atoms with Crippen LogP contribution in [0.4, 0.5) is 0 Å². The minimum absolute atomic E-state index is 0.00399. The lowest BCUT2D eigenvalue weighted by molar-refractivity contribution is -0.149. The SMILES string of the molecule is N#CCC1(CS(=O)(=O)N2C[C@@H]3CCC[C@@]3(C(=O)O)C2)CC1. The van der Waals surface area contributed by atoms with Crippen molar-refractivity contribution in [3.63, 3.8) is 0 Å². The molecule has 0 radical (unpaired) electrons. The van der Waals surface area contributed by atoms with E-state index in [1.807, 2.05) is 0 Å². The van der Waals surface area contributed by atoms with Crippen LogP contribution in [0.15, 0.2) is 0 Å². The highest BCUT2D eigenvalue weighted by atomic mass is 32.2. The van der Waals surface area contributed by atoms with Crippen molar-refractivity contribution in [3.05, 3.63) is 0 Å². The van der Waals surface area contributed by atoms with E-state index < -0.39 is 21.4 Å². The van der Waals surface area contributed by atoms with Crippen LogP contribution in [-0.4, -0.2) is 42.6 Å². The lowest BCUT2D eigenvalue weighted by atomic mass is 9.81. The van der Waals surface area contributed by atoms with E-state index in [4.69, 9.17) is 5.26 Å². The first-order valence-electron chi connectivity index (χ1n) is 7.42. The molecule has 116 valence electrons. The van der Waals surface area contributed by atoms with Gasteiger partial charge in [-0.05, 0) is 37.0 Å². The Bertz CT molecular complexity index is 605. The van der Waals surface area contributed by atoms with Gasteiger partial charge in [-0.15, -0.1) is 0 Å². The number of rotatable bonds is 5. The van der Waals surface area contributed by atoms with Crippen molar-refractivity contribution in [2.24, 2.45) is 16.7 Å². The molecule has 3 fully saturated rings. The van der Waals surface area contributed by atoms with Crippen molar-refractivity contribution in [2.75, 3.05) is 18.8 Å². The molecule has 1 saturated heterocycles. The summed E-state index contributed by atoms with van der Waals surface area (Å²) in [5.41, 5.74) is -1.25. The third kappa shape index (κ3) is 2.34. The fourth-order valence-electron chi connectivity index (χ4n) is 4.00. The monoisotopic (exact) mass is 312 g/mol. The molecule has 2 atom stereocenters. The molecule has 1 aliphatic heterocycles. The fourth-order valence-corrected chi connectivity index (χ4v) is 6.18. The molecule has 0 bridgehead atoms. The van der Waals surface area contributed by atoms with Gasteiger partial charge in [-0.2, -0.15) is 5.26 Å². The van der Waals surface area contributed by atoms with Gasteiger partial charge in [-0.3, -0.25) is 4.79 Å². The van der Waals surface area contributed by atoms with Gasteiger partial charge in [0.2, 0.25) is 10.0 Å². The van der Waals surface area contributed by atoms with Crippen molar-refractivity contribution in [1.29, 1.82) is 5.26 Å². The van der Waals surface area contributed by atoms with Gasteiger partial charge in [-0.25, -0.2) is 12.7 Å². The second-order valence-electron chi connectivity index (χ2n) is 6.93. The average Bonchev–Trinajstić information content (AvgIpc) is 2.86. The van der Waals surface area contributed by atoms with Crippen LogP contribution in [0.1, 0.15) is 38.5 Å². The Morgan fingerprint density at radius 2 is 2.10 bits per heavy atom. The van der Waals surface area contributed by atoms with Crippen LogP contribution in [0.2, 0.25) is 0 Å². The number of fused-ring (bicyclic) bond motifs is 1. The molecule has 0 aromatic rings. The highest BCUT2D eigenvalue weighted by Crippen LogP contribution is 2.53. The Hall–Kier alpha value is -1.13. The molecule has 6 nitrogen and oxygen atoms in total. The molecule has 1 heterocycles. The topological polar surface area (TPSA) is 98.5 Å². The summed E-state index contributed by atoms with van der Waals surface area (Å²) >= 11 is 0. The molecule has 0 aromatic heterocycles. The largest absolute Gasteiger partial charge is 0.481 e. The second kappa shape index (κ2) is 4.68. The van der Waals surface area contributed by atoms with Gasteiger partial charge in [0.1, 0.15) is 0 Å². The molecule has 3 rings (SSSR count). The molecule has 0 amide bonds. The minimum Gasteiger partial charge on any atom is -0.481 e. The summed E-state index contributed by atoms with van der Waals surface area (Å²) < 4.78 is 26.5. The van der Waals surface area contributed by atoms with E-state index in [2.05, 4.69) is 6.07 Å². The van der Waals surface area contributed by atoms with Crippen molar-refractivity contribution in [1.82, 2.24) is 4.31 Å². The van der Waals surface area contributed by atoms with E-state index in [9.17, 15) is 18.3 Å². The van der Waals surface area contributed by atoms with Crippen LogP contribution >= 0.6 is 0 Å². The van der Waals surface area contributed by atoms with Crippen molar-refractivity contribution in [3.8, 4) is 6.07 Å². The second-order valence-corrected chi connectivity index (χ2v) is 8.90. The summed E-state index contributed by atoms with van der Waals surface area (Å²) in [7, 11) is -3.47. The normalized spacial score (nSPS) is 34.3. The Balaban J connectivity index is 1.77. The molecular formula is C14H20N2O4S. The zero-order valence-electron chi connectivity index (χ0n) is 11.9. The van der Waals surface area contributed by atoms with Crippen LogP contribution in [0.25, 0.3) is 0 Å². The van der Waals surface area contributed by atoms with Gasteiger partial charge in [0, 0.05) is 19.5 Å². The van der Waals surface area contributed by atoms with Gasteiger partial charge in [-0.1, -0.05) is 6.42 Å². The van der Waals surface area contributed by atoms with E-state index in [0.29, 0.717) is 13.0 Å². The van der Waals surface area contributed by atoms with E-state index in [1.54, 1.807) is 0 Å². The van der Waals surface area contributed by atoms with Crippen LogP contribution < -0.4 is 0 Å².